The Morgan fingerprint density at radius 2 is 2.09 bits per heavy atom. The van der Waals surface area contributed by atoms with Gasteiger partial charge in [-0.05, 0) is 37.2 Å². The maximum atomic E-state index is 12.6. The molecule has 2 aliphatic rings. The van der Waals surface area contributed by atoms with Crippen molar-refractivity contribution >= 4 is 45.9 Å². The Morgan fingerprint density at radius 3 is 2.80 bits per heavy atom. The van der Waals surface area contributed by atoms with Crippen LogP contribution in [0, 0.1) is 0 Å². The number of amides is 1. The first-order valence-electron chi connectivity index (χ1n) is 11.6. The van der Waals surface area contributed by atoms with Gasteiger partial charge in [-0.2, -0.15) is 4.98 Å². The van der Waals surface area contributed by atoms with Gasteiger partial charge < -0.3 is 24.8 Å². The van der Waals surface area contributed by atoms with E-state index in [4.69, 9.17) is 21.3 Å². The summed E-state index contributed by atoms with van der Waals surface area (Å²) in [5.74, 6) is 0.985. The molecule has 184 valence electrons. The molecule has 0 spiro atoms. The second kappa shape index (κ2) is 9.35. The molecule has 2 bridgehead atoms. The van der Waals surface area contributed by atoms with Gasteiger partial charge in [0.25, 0.3) is 11.5 Å². The van der Waals surface area contributed by atoms with E-state index < -0.39 is 0 Å². The average Bonchev–Trinajstić information content (AvgIpc) is 3.47. The highest BCUT2D eigenvalue weighted by atomic mass is 35.5. The molecule has 2 N–H and O–H groups in total. The third kappa shape index (κ3) is 4.39. The van der Waals surface area contributed by atoms with Crippen LogP contribution >= 0.6 is 11.6 Å². The number of benzene rings is 1. The number of likely N-dealkylation sites (tertiary alicyclic amines) is 1. The van der Waals surface area contributed by atoms with Gasteiger partial charge in [-0.3, -0.25) is 14.5 Å². The van der Waals surface area contributed by atoms with Crippen molar-refractivity contribution in [2.24, 2.45) is 7.05 Å². The molecular formula is C24H28ClN7O3. The third-order valence-corrected chi connectivity index (χ3v) is 7.12. The molecule has 10 nitrogen and oxygen atoms in total. The van der Waals surface area contributed by atoms with Crippen LogP contribution in [0.3, 0.4) is 0 Å². The van der Waals surface area contributed by atoms with Crippen LogP contribution in [-0.2, 0) is 11.8 Å². The van der Waals surface area contributed by atoms with Crippen molar-refractivity contribution in [2.75, 3.05) is 43.5 Å². The first-order chi connectivity index (χ1) is 16.9. The van der Waals surface area contributed by atoms with Crippen molar-refractivity contribution in [3.8, 4) is 5.75 Å². The third-order valence-electron chi connectivity index (χ3n) is 6.84. The molecule has 2 atom stereocenters. The summed E-state index contributed by atoms with van der Waals surface area (Å²) in [6.07, 6.45) is 2.77. The zero-order chi connectivity index (χ0) is 24.7. The minimum absolute atomic E-state index is 0.105. The number of pyridine rings is 1. The highest BCUT2D eigenvalue weighted by Crippen LogP contribution is 2.34. The topological polar surface area (TPSA) is 105 Å². The van der Waals surface area contributed by atoms with Gasteiger partial charge in [0.05, 0.1) is 11.7 Å². The standard InChI is InChI=1S/C24H28ClN7O3/c1-4-31-11-17-9-16(31)12-32(17)24-27-10-18(25)22(29-24)28-15-5-6-19-14(7-15)8-20(23(34)30(19)3)35-13-21(33)26-2/h5-8,10,16-17H,4,9,11-13H2,1-3H3,(H,26,33)(H,27,28,29). The van der Waals surface area contributed by atoms with Crippen molar-refractivity contribution in [1.29, 1.82) is 0 Å². The van der Waals surface area contributed by atoms with Crippen LogP contribution in [0.2, 0.25) is 5.02 Å². The normalized spacial score (nSPS) is 19.4. The first kappa shape index (κ1) is 23.4. The number of piperazine rings is 1. The fourth-order valence-corrected chi connectivity index (χ4v) is 5.09. The Hall–Kier alpha value is -3.37. The summed E-state index contributed by atoms with van der Waals surface area (Å²) < 4.78 is 6.95. The fourth-order valence-electron chi connectivity index (χ4n) is 4.95. The summed E-state index contributed by atoms with van der Waals surface area (Å²) in [4.78, 5) is 38.2. The van der Waals surface area contributed by atoms with E-state index in [-0.39, 0.29) is 23.8 Å². The number of hydrogen-bond donors (Lipinski definition) is 2. The van der Waals surface area contributed by atoms with Crippen molar-refractivity contribution in [3.05, 3.63) is 45.8 Å². The number of nitrogens with zero attached hydrogens (tertiary/aromatic N) is 5. The molecule has 2 aromatic heterocycles. The van der Waals surface area contributed by atoms with Gasteiger partial charge in [-0.15, -0.1) is 0 Å². The van der Waals surface area contributed by atoms with Gasteiger partial charge >= 0.3 is 0 Å². The van der Waals surface area contributed by atoms with Crippen LogP contribution in [0.4, 0.5) is 17.5 Å². The van der Waals surface area contributed by atoms with Crippen LogP contribution < -0.4 is 25.8 Å². The summed E-state index contributed by atoms with van der Waals surface area (Å²) >= 11 is 6.43. The Labute approximate surface area is 207 Å². The van der Waals surface area contributed by atoms with E-state index >= 15 is 0 Å². The predicted molar refractivity (Wildman–Crippen MR) is 136 cm³/mol. The van der Waals surface area contributed by atoms with E-state index in [1.807, 2.05) is 18.2 Å². The van der Waals surface area contributed by atoms with E-state index in [9.17, 15) is 9.59 Å². The number of aromatic nitrogens is 3. The van der Waals surface area contributed by atoms with Crippen molar-refractivity contribution in [1.82, 2.24) is 24.8 Å². The minimum atomic E-state index is -0.314. The maximum Gasteiger partial charge on any atom is 0.293 e. The van der Waals surface area contributed by atoms with Gasteiger partial charge in [0.2, 0.25) is 5.95 Å². The second-order valence-corrected chi connectivity index (χ2v) is 9.29. The number of carbonyl (C=O) groups excluding carboxylic acids is 1. The van der Waals surface area contributed by atoms with E-state index in [0.717, 1.165) is 42.6 Å². The summed E-state index contributed by atoms with van der Waals surface area (Å²) in [5.41, 5.74) is 1.17. The number of nitrogens with one attached hydrogen (secondary N) is 2. The highest BCUT2D eigenvalue weighted by molar-refractivity contribution is 6.32. The number of carbonyl (C=O) groups is 1. The lowest BCUT2D eigenvalue weighted by atomic mass is 10.2. The number of halogens is 1. The zero-order valence-corrected chi connectivity index (χ0v) is 20.7. The molecule has 4 heterocycles. The number of likely N-dealkylation sites (N-methyl/N-ethyl adjacent to an activating group) is 2. The molecule has 2 unspecified atom stereocenters. The summed E-state index contributed by atoms with van der Waals surface area (Å²) in [6.45, 7) is 4.98. The van der Waals surface area contributed by atoms with Crippen LogP contribution in [-0.4, -0.2) is 70.7 Å². The molecule has 3 aromatic rings. The van der Waals surface area contributed by atoms with Gasteiger partial charge in [-0.1, -0.05) is 18.5 Å². The lowest BCUT2D eigenvalue weighted by molar-refractivity contribution is -0.122. The molecule has 0 saturated carbocycles. The van der Waals surface area contributed by atoms with E-state index in [0.29, 0.717) is 28.9 Å². The number of rotatable bonds is 7. The number of hydrogen-bond acceptors (Lipinski definition) is 8. The molecule has 11 heteroatoms. The fraction of sp³-hybridized carbons (Fsp3) is 0.417. The van der Waals surface area contributed by atoms with E-state index in [2.05, 4.69) is 32.3 Å². The number of ether oxygens (including phenoxy) is 1. The number of fused-ring (bicyclic) bond motifs is 3. The summed E-state index contributed by atoms with van der Waals surface area (Å²) in [7, 11) is 3.18. The van der Waals surface area contributed by atoms with Crippen molar-refractivity contribution in [3.63, 3.8) is 0 Å². The predicted octanol–water partition coefficient (Wildman–Crippen LogP) is 2.13. The van der Waals surface area contributed by atoms with Crippen LogP contribution in [0.1, 0.15) is 13.3 Å². The Kier molecular flexibility index (Phi) is 6.24. The quantitative estimate of drug-likeness (QED) is 0.511. The molecule has 0 radical (unpaired) electrons. The lowest BCUT2D eigenvalue weighted by Crippen LogP contribution is -2.46. The monoisotopic (exact) mass is 497 g/mol. The van der Waals surface area contributed by atoms with Gasteiger partial charge in [-0.25, -0.2) is 4.98 Å². The molecule has 2 aliphatic heterocycles. The average molecular weight is 498 g/mol. The molecule has 5 rings (SSSR count). The number of aryl methyl sites for hydroxylation is 1. The summed E-state index contributed by atoms with van der Waals surface area (Å²) in [6, 6.07) is 8.20. The van der Waals surface area contributed by atoms with Crippen molar-refractivity contribution in [2.45, 2.75) is 25.4 Å². The van der Waals surface area contributed by atoms with Gasteiger partial charge in [0.15, 0.2) is 18.2 Å². The van der Waals surface area contributed by atoms with Gasteiger partial charge in [0.1, 0.15) is 5.02 Å². The zero-order valence-electron chi connectivity index (χ0n) is 19.9. The van der Waals surface area contributed by atoms with E-state index in [1.54, 1.807) is 19.3 Å². The first-order valence-corrected chi connectivity index (χ1v) is 12.0. The minimum Gasteiger partial charge on any atom is -0.478 e. The molecule has 2 fully saturated rings. The second-order valence-electron chi connectivity index (χ2n) is 8.88. The molecule has 0 aliphatic carbocycles. The Morgan fingerprint density at radius 1 is 1.26 bits per heavy atom. The summed E-state index contributed by atoms with van der Waals surface area (Å²) in [5, 5.41) is 6.96. The number of anilines is 3. The molecular weight excluding hydrogens is 470 g/mol. The largest absolute Gasteiger partial charge is 0.478 e. The van der Waals surface area contributed by atoms with Crippen LogP contribution in [0.15, 0.2) is 35.3 Å². The molecule has 1 aromatic carbocycles. The Balaban J connectivity index is 1.40. The van der Waals surface area contributed by atoms with E-state index in [1.165, 1.54) is 11.6 Å². The van der Waals surface area contributed by atoms with Gasteiger partial charge in [0, 0.05) is 50.3 Å². The highest BCUT2D eigenvalue weighted by Gasteiger charge is 2.43. The van der Waals surface area contributed by atoms with Crippen molar-refractivity contribution < 1.29 is 9.53 Å². The SMILES string of the molecule is CCN1CC2CC1CN2c1ncc(Cl)c(Nc2ccc3c(c2)cc(OCC(=O)NC)c(=O)n3C)n1. The molecule has 35 heavy (non-hydrogen) atoms. The molecule has 1 amide bonds. The molecule has 2 saturated heterocycles. The lowest BCUT2D eigenvalue weighted by Gasteiger charge is -2.33. The van der Waals surface area contributed by atoms with Crippen LogP contribution in [0.5, 0.6) is 5.75 Å². The maximum absolute atomic E-state index is 12.6. The smallest absolute Gasteiger partial charge is 0.293 e. The Bertz CT molecular complexity index is 1340. The van der Waals surface area contributed by atoms with Crippen LogP contribution in [0.25, 0.3) is 10.9 Å².